The molecule has 0 aromatic heterocycles. The van der Waals surface area contributed by atoms with Crippen molar-refractivity contribution in [3.63, 3.8) is 0 Å². The first-order valence-corrected chi connectivity index (χ1v) is 7.83. The molecule has 4 nitrogen and oxygen atoms in total. The summed E-state index contributed by atoms with van der Waals surface area (Å²) in [5.74, 6) is 0.459. The standard InChI is InChI=1S/C17H23NO3/c1-12(2)18-9-10-20-16(11-18)17(19)21-15-8-4-6-13-5-3-7-14(13)15/h4,6,8,12,16H,3,5,7,9-11H2,1-2H3. The fourth-order valence-electron chi connectivity index (χ4n) is 3.14. The number of fused-ring (bicyclic) bond motifs is 1. The van der Waals surface area contributed by atoms with E-state index in [1.165, 1.54) is 11.1 Å². The van der Waals surface area contributed by atoms with Crippen LogP contribution in [-0.4, -0.2) is 42.7 Å². The third-order valence-electron chi connectivity index (χ3n) is 4.40. The van der Waals surface area contributed by atoms with Crippen molar-refractivity contribution < 1.29 is 14.3 Å². The van der Waals surface area contributed by atoms with Crippen LogP contribution in [0.4, 0.5) is 0 Å². The fraction of sp³-hybridized carbons (Fsp3) is 0.588. The summed E-state index contributed by atoms with van der Waals surface area (Å²) < 4.78 is 11.2. The summed E-state index contributed by atoms with van der Waals surface area (Å²) in [6, 6.07) is 6.40. The van der Waals surface area contributed by atoms with E-state index in [1.807, 2.05) is 12.1 Å². The average Bonchev–Trinajstić information content (AvgIpc) is 2.97. The highest BCUT2D eigenvalue weighted by Gasteiger charge is 2.30. The Balaban J connectivity index is 1.68. The van der Waals surface area contributed by atoms with Crippen molar-refractivity contribution in [3.8, 4) is 5.75 Å². The maximum atomic E-state index is 12.4. The van der Waals surface area contributed by atoms with E-state index in [1.54, 1.807) is 0 Å². The maximum Gasteiger partial charge on any atom is 0.342 e. The van der Waals surface area contributed by atoms with E-state index < -0.39 is 6.10 Å². The van der Waals surface area contributed by atoms with Crippen LogP contribution in [0.2, 0.25) is 0 Å². The maximum absolute atomic E-state index is 12.4. The molecule has 0 radical (unpaired) electrons. The van der Waals surface area contributed by atoms with Crippen LogP contribution in [0.5, 0.6) is 5.75 Å². The minimum atomic E-state index is -0.474. The largest absolute Gasteiger partial charge is 0.424 e. The number of morpholine rings is 1. The summed E-state index contributed by atoms with van der Waals surface area (Å²) in [5, 5.41) is 0. The first kappa shape index (κ1) is 14.5. The third kappa shape index (κ3) is 3.11. The van der Waals surface area contributed by atoms with Gasteiger partial charge < -0.3 is 9.47 Å². The number of carbonyl (C=O) groups is 1. The number of nitrogens with zero attached hydrogens (tertiary/aromatic N) is 1. The fourth-order valence-corrected chi connectivity index (χ4v) is 3.14. The topological polar surface area (TPSA) is 38.8 Å². The van der Waals surface area contributed by atoms with Crippen LogP contribution < -0.4 is 4.74 Å². The van der Waals surface area contributed by atoms with Crippen molar-refractivity contribution in [1.82, 2.24) is 4.90 Å². The molecule has 0 amide bonds. The van der Waals surface area contributed by atoms with Crippen LogP contribution >= 0.6 is 0 Å². The van der Waals surface area contributed by atoms with Crippen molar-refractivity contribution in [2.24, 2.45) is 0 Å². The van der Waals surface area contributed by atoms with Gasteiger partial charge in [-0.15, -0.1) is 0 Å². The summed E-state index contributed by atoms with van der Waals surface area (Å²) in [6.45, 7) is 6.36. The predicted molar refractivity (Wildman–Crippen MR) is 80.6 cm³/mol. The second-order valence-corrected chi connectivity index (χ2v) is 6.12. The molecule has 0 bridgehead atoms. The van der Waals surface area contributed by atoms with Gasteiger partial charge in [-0.1, -0.05) is 12.1 Å². The number of ether oxygens (including phenoxy) is 2. The number of hydrogen-bond acceptors (Lipinski definition) is 4. The molecule has 1 aliphatic heterocycles. The van der Waals surface area contributed by atoms with E-state index in [4.69, 9.17) is 9.47 Å². The minimum absolute atomic E-state index is 0.263. The van der Waals surface area contributed by atoms with E-state index in [-0.39, 0.29) is 5.97 Å². The van der Waals surface area contributed by atoms with E-state index in [2.05, 4.69) is 24.8 Å². The molecule has 4 heteroatoms. The van der Waals surface area contributed by atoms with Gasteiger partial charge in [0.15, 0.2) is 6.10 Å². The van der Waals surface area contributed by atoms with Gasteiger partial charge in [0.2, 0.25) is 0 Å². The lowest BCUT2D eigenvalue weighted by Crippen LogP contribution is -2.49. The zero-order valence-electron chi connectivity index (χ0n) is 12.8. The highest BCUT2D eigenvalue weighted by molar-refractivity contribution is 5.78. The van der Waals surface area contributed by atoms with E-state index >= 15 is 0 Å². The molecular weight excluding hydrogens is 266 g/mol. The molecule has 1 aromatic carbocycles. The summed E-state index contributed by atoms with van der Waals surface area (Å²) in [4.78, 5) is 14.6. The molecule has 114 valence electrons. The number of benzene rings is 1. The zero-order valence-corrected chi connectivity index (χ0v) is 12.8. The number of hydrogen-bond donors (Lipinski definition) is 0. The van der Waals surface area contributed by atoms with Gasteiger partial charge in [-0.2, -0.15) is 0 Å². The van der Waals surface area contributed by atoms with Gasteiger partial charge in [-0.25, -0.2) is 4.79 Å². The minimum Gasteiger partial charge on any atom is -0.424 e. The van der Waals surface area contributed by atoms with Crippen LogP contribution in [0.25, 0.3) is 0 Å². The SMILES string of the molecule is CC(C)N1CCOC(C(=O)Oc2cccc3c2CCC3)C1. The van der Waals surface area contributed by atoms with Crippen molar-refractivity contribution in [2.45, 2.75) is 45.3 Å². The summed E-state index contributed by atoms with van der Waals surface area (Å²) in [6.07, 6.45) is 2.76. The average molecular weight is 289 g/mol. The molecule has 3 rings (SSSR count). The normalized spacial score (nSPS) is 22.3. The van der Waals surface area contributed by atoms with Crippen LogP contribution in [-0.2, 0) is 22.4 Å². The van der Waals surface area contributed by atoms with Gasteiger partial charge in [-0.3, -0.25) is 4.90 Å². The Morgan fingerprint density at radius 2 is 2.24 bits per heavy atom. The molecule has 0 saturated carbocycles. The van der Waals surface area contributed by atoms with Crippen molar-refractivity contribution in [1.29, 1.82) is 0 Å². The summed E-state index contributed by atoms with van der Waals surface area (Å²) >= 11 is 0. The molecule has 0 N–H and O–H groups in total. The Hall–Kier alpha value is -1.39. The smallest absolute Gasteiger partial charge is 0.342 e. The second kappa shape index (κ2) is 6.16. The lowest BCUT2D eigenvalue weighted by atomic mass is 10.1. The first-order valence-electron chi connectivity index (χ1n) is 7.83. The lowest BCUT2D eigenvalue weighted by molar-refractivity contribution is -0.153. The number of carbonyl (C=O) groups excluding carboxylic acids is 1. The number of aryl methyl sites for hydroxylation is 1. The molecule has 1 fully saturated rings. The number of esters is 1. The van der Waals surface area contributed by atoms with Gasteiger partial charge >= 0.3 is 5.97 Å². The number of rotatable bonds is 3. The molecule has 1 heterocycles. The second-order valence-electron chi connectivity index (χ2n) is 6.12. The predicted octanol–water partition coefficient (Wildman–Crippen LogP) is 2.19. The Bertz CT molecular complexity index is 527. The Morgan fingerprint density at radius 3 is 3.05 bits per heavy atom. The zero-order chi connectivity index (χ0) is 14.8. The Labute approximate surface area is 126 Å². The molecule has 1 aliphatic carbocycles. The molecule has 2 aliphatic rings. The van der Waals surface area contributed by atoms with E-state index in [0.717, 1.165) is 31.6 Å². The highest BCUT2D eigenvalue weighted by atomic mass is 16.6. The molecule has 1 aromatic rings. The summed E-state index contributed by atoms with van der Waals surface area (Å²) in [7, 11) is 0. The van der Waals surface area contributed by atoms with Crippen molar-refractivity contribution in [2.75, 3.05) is 19.7 Å². The Morgan fingerprint density at radius 1 is 1.38 bits per heavy atom. The van der Waals surface area contributed by atoms with Gasteiger partial charge in [-0.05, 0) is 50.3 Å². The van der Waals surface area contributed by atoms with Gasteiger partial charge in [0.05, 0.1) is 6.61 Å². The quantitative estimate of drug-likeness (QED) is 0.631. The Kier molecular flexibility index (Phi) is 4.27. The molecule has 1 atom stereocenters. The van der Waals surface area contributed by atoms with E-state index in [9.17, 15) is 4.79 Å². The molecule has 1 unspecified atom stereocenters. The van der Waals surface area contributed by atoms with Crippen LogP contribution in [0.3, 0.4) is 0 Å². The van der Waals surface area contributed by atoms with E-state index in [0.29, 0.717) is 19.2 Å². The molecular formula is C17H23NO3. The monoisotopic (exact) mass is 289 g/mol. The lowest BCUT2D eigenvalue weighted by Gasteiger charge is -2.34. The van der Waals surface area contributed by atoms with Crippen molar-refractivity contribution >= 4 is 5.97 Å². The van der Waals surface area contributed by atoms with Crippen LogP contribution in [0.15, 0.2) is 18.2 Å². The van der Waals surface area contributed by atoms with Gasteiger partial charge in [0.25, 0.3) is 0 Å². The van der Waals surface area contributed by atoms with Crippen molar-refractivity contribution in [3.05, 3.63) is 29.3 Å². The molecule has 1 saturated heterocycles. The van der Waals surface area contributed by atoms with Gasteiger partial charge in [0, 0.05) is 19.1 Å². The van der Waals surface area contributed by atoms with Gasteiger partial charge in [0.1, 0.15) is 5.75 Å². The molecule has 0 spiro atoms. The summed E-state index contributed by atoms with van der Waals surface area (Å²) in [5.41, 5.74) is 2.51. The third-order valence-corrected chi connectivity index (χ3v) is 4.40. The van der Waals surface area contributed by atoms with Crippen LogP contribution in [0.1, 0.15) is 31.4 Å². The highest BCUT2D eigenvalue weighted by Crippen LogP contribution is 2.30. The van der Waals surface area contributed by atoms with Crippen LogP contribution in [0, 0.1) is 0 Å². The molecule has 21 heavy (non-hydrogen) atoms. The first-order chi connectivity index (χ1) is 10.1.